The van der Waals surface area contributed by atoms with Crippen molar-refractivity contribution in [3.8, 4) is 66.8 Å². The Morgan fingerprint density at radius 3 is 0.400 bits per heavy atom. The van der Waals surface area contributed by atoms with Crippen molar-refractivity contribution in [3.05, 3.63) is 228 Å². The molecule has 0 nitrogen and oxygen atoms in total. The summed E-state index contributed by atoms with van der Waals surface area (Å²) in [6.07, 6.45) is 0. The first kappa shape index (κ1) is 57.3. The van der Waals surface area contributed by atoms with Gasteiger partial charge >= 0.3 is 0 Å². The van der Waals surface area contributed by atoms with Crippen LogP contribution in [0, 0.1) is 125 Å². The standard InChI is InChI=1S/3C24H25.3Al/c3*1-15-10-17(3)23(18(4)11-15)21-8-7-9-22(14-21)24-19(5)12-16(2)13-20(24)6;;;/h3*7-13H,1-6H3;;;. The summed E-state index contributed by atoms with van der Waals surface area (Å²) < 4.78 is 3.85. The molecule has 3 heteroatoms. The van der Waals surface area contributed by atoms with Crippen LogP contribution in [0.25, 0.3) is 66.8 Å². The van der Waals surface area contributed by atoms with Crippen molar-refractivity contribution in [1.29, 1.82) is 0 Å². The van der Waals surface area contributed by atoms with Gasteiger partial charge in [0.1, 0.15) is 0 Å². The van der Waals surface area contributed by atoms with E-state index in [1.54, 1.807) is 0 Å². The van der Waals surface area contributed by atoms with Gasteiger partial charge in [0.05, 0.1) is 0 Å². The van der Waals surface area contributed by atoms with Crippen molar-refractivity contribution in [2.24, 2.45) is 0 Å². The average molecular weight is 1020 g/mol. The molecule has 0 fully saturated rings. The summed E-state index contributed by atoms with van der Waals surface area (Å²) in [5, 5.41) is 0. The van der Waals surface area contributed by atoms with E-state index in [1.807, 2.05) is 0 Å². The molecule has 6 radical (unpaired) electrons. The second kappa shape index (κ2) is 23.9. The van der Waals surface area contributed by atoms with Gasteiger partial charge in [-0.25, -0.2) is 0 Å². The highest BCUT2D eigenvalue weighted by Crippen LogP contribution is 2.36. The third kappa shape index (κ3) is 12.4. The highest BCUT2D eigenvalue weighted by atomic mass is 27.1. The molecular formula is C72H75Al3. The van der Waals surface area contributed by atoms with Gasteiger partial charge in [0, 0.05) is 0 Å². The minimum absolute atomic E-state index is 1.28. The van der Waals surface area contributed by atoms with Crippen LogP contribution < -0.4 is 13.3 Å². The Balaban J connectivity index is 0.000000164. The normalized spacial score (nSPS) is 11.0. The first-order chi connectivity index (χ1) is 35.4. The van der Waals surface area contributed by atoms with Crippen LogP contribution in [0.4, 0.5) is 0 Å². The van der Waals surface area contributed by atoms with Crippen LogP contribution in [0.3, 0.4) is 0 Å². The summed E-state index contributed by atoms with van der Waals surface area (Å²) in [6, 6.07) is 47.4. The largest absolute Gasteiger partial charge is 0.177 e. The molecule has 372 valence electrons. The van der Waals surface area contributed by atoms with Crippen LogP contribution in [0.5, 0.6) is 0 Å². The third-order valence-corrected chi connectivity index (χ3v) is 16.9. The molecule has 9 aromatic rings. The second-order valence-electron chi connectivity index (χ2n) is 21.9. The molecule has 9 rings (SSSR count). The quantitative estimate of drug-likeness (QED) is 0.146. The Labute approximate surface area is 477 Å². The van der Waals surface area contributed by atoms with Gasteiger partial charge in [-0.3, -0.25) is 0 Å². The van der Waals surface area contributed by atoms with E-state index in [9.17, 15) is 0 Å². The van der Waals surface area contributed by atoms with Crippen molar-refractivity contribution in [3.63, 3.8) is 0 Å². The molecule has 0 spiro atoms. The molecule has 9 aromatic carbocycles. The maximum Gasteiger partial charge on any atom is 0.177 e. The van der Waals surface area contributed by atoms with Gasteiger partial charge in [-0.15, -0.1) is 13.3 Å². The van der Waals surface area contributed by atoms with Crippen molar-refractivity contribution < 1.29 is 0 Å². The van der Waals surface area contributed by atoms with Gasteiger partial charge < -0.3 is 0 Å². The molecule has 0 aromatic heterocycles. The van der Waals surface area contributed by atoms with E-state index in [2.05, 4.69) is 301 Å². The monoisotopic (exact) mass is 1020 g/mol. The van der Waals surface area contributed by atoms with E-state index in [1.165, 1.54) is 180 Å². The number of hydrogen-bond acceptors (Lipinski definition) is 0. The van der Waals surface area contributed by atoms with Gasteiger partial charge in [0.2, 0.25) is 0 Å². The van der Waals surface area contributed by atoms with Gasteiger partial charge in [0.15, 0.2) is 48.9 Å². The van der Waals surface area contributed by atoms with Crippen molar-refractivity contribution >= 4 is 62.1 Å². The fourth-order valence-corrected chi connectivity index (χ4v) is 14.1. The lowest BCUT2D eigenvalue weighted by molar-refractivity contribution is 1.31. The minimum atomic E-state index is 1.28. The Bertz CT molecular complexity index is 2910. The Hall–Kier alpha value is -5.42. The first-order valence-corrected chi connectivity index (χ1v) is 28.3. The predicted molar refractivity (Wildman–Crippen MR) is 333 cm³/mol. The van der Waals surface area contributed by atoms with E-state index in [0.717, 1.165) is 0 Å². The lowest BCUT2D eigenvalue weighted by Gasteiger charge is -2.20. The average Bonchev–Trinajstić information content (AvgIpc) is 3.28. The van der Waals surface area contributed by atoms with Gasteiger partial charge in [-0.2, -0.15) is 0 Å². The molecule has 0 saturated carbocycles. The number of benzene rings is 9. The lowest BCUT2D eigenvalue weighted by Crippen LogP contribution is -2.13. The van der Waals surface area contributed by atoms with Crippen LogP contribution in [0.15, 0.2) is 127 Å². The summed E-state index contributed by atoms with van der Waals surface area (Å²) in [4.78, 5) is 0. The van der Waals surface area contributed by atoms with Crippen molar-refractivity contribution in [2.45, 2.75) is 125 Å². The predicted octanol–water partition coefficient (Wildman–Crippen LogP) is 17.0. The SMILES string of the molecule is Cc1cc(C)c(-c2cccc(-c3c(C)cc(C)cc3C)[c]2[Al])c(C)c1.Cc1cc(C)c(-c2cccc(-c3c(C)cc(C)cc3C)[c]2[Al])c(C)c1.Cc1cc(C)c(-c2cccc(-c3c(C)cc(C)cc3C)[c]2[Al])c(C)c1. The summed E-state index contributed by atoms with van der Waals surface area (Å²) in [6.45, 7) is 39.6. The Morgan fingerprint density at radius 1 is 0.187 bits per heavy atom. The van der Waals surface area contributed by atoms with Gasteiger partial charge in [0.25, 0.3) is 0 Å². The maximum absolute atomic E-state index is 3.00. The second-order valence-corrected chi connectivity index (χ2v) is 23.7. The van der Waals surface area contributed by atoms with E-state index < -0.39 is 0 Å². The zero-order chi connectivity index (χ0) is 54.9. The van der Waals surface area contributed by atoms with Gasteiger partial charge in [-0.1, -0.05) is 161 Å². The molecule has 0 heterocycles. The van der Waals surface area contributed by atoms with E-state index in [4.69, 9.17) is 0 Å². The zero-order valence-corrected chi connectivity index (χ0v) is 51.8. The maximum atomic E-state index is 3.00. The first-order valence-electron chi connectivity index (χ1n) is 26.5. The van der Waals surface area contributed by atoms with Crippen molar-refractivity contribution in [2.75, 3.05) is 0 Å². The summed E-state index contributed by atoms with van der Waals surface area (Å²) in [5.74, 6) is 0. The van der Waals surface area contributed by atoms with Crippen LogP contribution in [0.2, 0.25) is 0 Å². The molecular weight excluding hydrogens is 946 g/mol. The third-order valence-electron chi connectivity index (χ3n) is 15.0. The number of rotatable bonds is 6. The molecule has 0 aliphatic rings. The van der Waals surface area contributed by atoms with Crippen LogP contribution in [-0.2, 0) is 0 Å². The van der Waals surface area contributed by atoms with E-state index in [0.29, 0.717) is 0 Å². The fraction of sp³-hybridized carbons (Fsp3) is 0.250. The van der Waals surface area contributed by atoms with Crippen LogP contribution >= 0.6 is 0 Å². The van der Waals surface area contributed by atoms with E-state index in [-0.39, 0.29) is 0 Å². The molecule has 75 heavy (non-hydrogen) atoms. The minimum Gasteiger partial charge on any atom is -0.124 e. The highest BCUT2D eigenvalue weighted by Gasteiger charge is 2.18. The summed E-state index contributed by atoms with van der Waals surface area (Å²) in [7, 11) is 0. The molecule has 0 unspecified atom stereocenters. The molecule has 0 aliphatic carbocycles. The van der Waals surface area contributed by atoms with Gasteiger partial charge in [-0.05, 0) is 258 Å². The summed E-state index contributed by atoms with van der Waals surface area (Å²) >= 11 is 9.01. The molecule has 0 saturated heterocycles. The smallest absolute Gasteiger partial charge is 0.124 e. The Kier molecular flexibility index (Phi) is 18.2. The Morgan fingerprint density at radius 2 is 0.293 bits per heavy atom. The van der Waals surface area contributed by atoms with Crippen LogP contribution in [-0.4, -0.2) is 48.9 Å². The zero-order valence-electron chi connectivity index (χ0n) is 48.4. The molecule has 0 bridgehead atoms. The number of aryl methyl sites for hydroxylation is 18. The molecule has 0 atom stereocenters. The molecule has 0 aliphatic heterocycles. The lowest BCUT2D eigenvalue weighted by atomic mass is 9.89. The van der Waals surface area contributed by atoms with Crippen molar-refractivity contribution in [1.82, 2.24) is 0 Å². The summed E-state index contributed by atoms with van der Waals surface area (Å²) in [5.41, 5.74) is 40.1. The number of hydrogen-bond donors (Lipinski definition) is 0. The van der Waals surface area contributed by atoms with Crippen LogP contribution in [0.1, 0.15) is 100 Å². The molecule has 0 amide bonds. The topological polar surface area (TPSA) is 0 Å². The fourth-order valence-electron chi connectivity index (χ4n) is 12.6. The molecule has 0 N–H and O–H groups in total. The highest BCUT2D eigenvalue weighted by molar-refractivity contribution is 6.41. The van der Waals surface area contributed by atoms with E-state index >= 15 is 0 Å².